The molecular weight excluding hydrogens is 262 g/mol. The minimum absolute atomic E-state index is 0.636. The maximum Gasteiger partial charge on any atom is 0.197 e. The number of aromatic nitrogens is 2. The van der Waals surface area contributed by atoms with E-state index in [2.05, 4.69) is 29.1 Å². The lowest BCUT2D eigenvalue weighted by Gasteiger charge is -2.11. The standard InChI is InChI=1S/C17H19N3O/c1-4-13-11(3)19-17(20-16(13)18-5-2)15-10-12-8-6-7-9-14(12)21-15/h6-10H,4-5H2,1-3H3,(H,18,19,20). The fourth-order valence-corrected chi connectivity index (χ4v) is 2.54. The summed E-state index contributed by atoms with van der Waals surface area (Å²) in [6.45, 7) is 7.04. The molecule has 4 heteroatoms. The number of nitrogens with zero attached hydrogens (tertiary/aromatic N) is 2. The van der Waals surface area contributed by atoms with Gasteiger partial charge in [-0.15, -0.1) is 0 Å². The molecule has 0 bridgehead atoms. The van der Waals surface area contributed by atoms with E-state index in [4.69, 9.17) is 4.42 Å². The summed E-state index contributed by atoms with van der Waals surface area (Å²) in [6, 6.07) is 9.94. The molecule has 0 aliphatic carbocycles. The van der Waals surface area contributed by atoms with Gasteiger partial charge in [0.1, 0.15) is 11.4 Å². The molecule has 108 valence electrons. The van der Waals surface area contributed by atoms with Crippen molar-refractivity contribution in [1.82, 2.24) is 9.97 Å². The van der Waals surface area contributed by atoms with E-state index in [1.54, 1.807) is 0 Å². The molecule has 21 heavy (non-hydrogen) atoms. The maximum absolute atomic E-state index is 5.86. The van der Waals surface area contributed by atoms with E-state index in [0.717, 1.165) is 41.0 Å². The summed E-state index contributed by atoms with van der Waals surface area (Å²) in [4.78, 5) is 9.25. The Hall–Kier alpha value is -2.36. The molecule has 2 heterocycles. The number of furan rings is 1. The molecule has 3 aromatic rings. The molecule has 1 N–H and O–H groups in total. The summed E-state index contributed by atoms with van der Waals surface area (Å²) in [5.41, 5.74) is 3.02. The van der Waals surface area contributed by atoms with E-state index >= 15 is 0 Å². The zero-order valence-electron chi connectivity index (χ0n) is 12.6. The molecule has 0 fully saturated rings. The van der Waals surface area contributed by atoms with Crippen LogP contribution in [0.25, 0.3) is 22.6 Å². The number of nitrogens with one attached hydrogen (secondary N) is 1. The van der Waals surface area contributed by atoms with Crippen molar-refractivity contribution in [3.05, 3.63) is 41.6 Å². The van der Waals surface area contributed by atoms with Gasteiger partial charge in [0.15, 0.2) is 11.6 Å². The van der Waals surface area contributed by atoms with Crippen LogP contribution in [-0.2, 0) is 6.42 Å². The quantitative estimate of drug-likeness (QED) is 0.779. The van der Waals surface area contributed by atoms with E-state index in [1.165, 1.54) is 0 Å². The van der Waals surface area contributed by atoms with E-state index in [1.807, 2.05) is 37.3 Å². The normalized spacial score (nSPS) is 11.0. The highest BCUT2D eigenvalue weighted by Gasteiger charge is 2.14. The van der Waals surface area contributed by atoms with Gasteiger partial charge < -0.3 is 9.73 Å². The van der Waals surface area contributed by atoms with Gasteiger partial charge in [-0.25, -0.2) is 9.97 Å². The van der Waals surface area contributed by atoms with Gasteiger partial charge in [-0.05, 0) is 32.4 Å². The number of rotatable bonds is 4. The summed E-state index contributed by atoms with van der Waals surface area (Å²) < 4.78 is 5.86. The Morgan fingerprint density at radius 1 is 1.14 bits per heavy atom. The van der Waals surface area contributed by atoms with Crippen LogP contribution in [0.15, 0.2) is 34.7 Å². The second-order valence-electron chi connectivity index (χ2n) is 4.99. The summed E-state index contributed by atoms with van der Waals surface area (Å²) >= 11 is 0. The fraction of sp³-hybridized carbons (Fsp3) is 0.294. The third kappa shape index (κ3) is 2.49. The van der Waals surface area contributed by atoms with Crippen molar-refractivity contribution in [1.29, 1.82) is 0 Å². The molecule has 1 aromatic carbocycles. The van der Waals surface area contributed by atoms with E-state index in [0.29, 0.717) is 11.6 Å². The molecular formula is C17H19N3O. The zero-order valence-corrected chi connectivity index (χ0v) is 12.6. The average molecular weight is 281 g/mol. The van der Waals surface area contributed by atoms with Crippen molar-refractivity contribution in [2.75, 3.05) is 11.9 Å². The Morgan fingerprint density at radius 2 is 1.95 bits per heavy atom. The lowest BCUT2D eigenvalue weighted by molar-refractivity contribution is 0.624. The Labute approximate surface area is 124 Å². The highest BCUT2D eigenvalue weighted by Crippen LogP contribution is 2.28. The van der Waals surface area contributed by atoms with Crippen molar-refractivity contribution >= 4 is 16.8 Å². The van der Waals surface area contributed by atoms with Crippen molar-refractivity contribution in [2.24, 2.45) is 0 Å². The number of benzene rings is 1. The fourth-order valence-electron chi connectivity index (χ4n) is 2.54. The van der Waals surface area contributed by atoms with Crippen LogP contribution < -0.4 is 5.32 Å². The summed E-state index contributed by atoms with van der Waals surface area (Å²) in [7, 11) is 0. The van der Waals surface area contributed by atoms with Crippen molar-refractivity contribution < 1.29 is 4.42 Å². The number of aryl methyl sites for hydroxylation is 1. The SMILES string of the molecule is CCNc1nc(-c2cc3ccccc3o2)nc(C)c1CC. The summed E-state index contributed by atoms with van der Waals surface area (Å²) in [6.07, 6.45) is 0.911. The first-order chi connectivity index (χ1) is 10.2. The van der Waals surface area contributed by atoms with E-state index in [9.17, 15) is 0 Å². The molecule has 0 radical (unpaired) electrons. The number of fused-ring (bicyclic) bond motifs is 1. The van der Waals surface area contributed by atoms with Crippen LogP contribution in [0.1, 0.15) is 25.1 Å². The van der Waals surface area contributed by atoms with E-state index in [-0.39, 0.29) is 0 Å². The van der Waals surface area contributed by atoms with Crippen LogP contribution in [0.5, 0.6) is 0 Å². The van der Waals surface area contributed by atoms with Gasteiger partial charge in [0.2, 0.25) is 0 Å². The second kappa shape index (κ2) is 5.56. The van der Waals surface area contributed by atoms with Gasteiger partial charge >= 0.3 is 0 Å². The van der Waals surface area contributed by atoms with Crippen molar-refractivity contribution in [3.8, 4) is 11.6 Å². The third-order valence-corrected chi connectivity index (χ3v) is 3.56. The molecule has 0 aliphatic heterocycles. The average Bonchev–Trinajstić information content (AvgIpc) is 2.91. The van der Waals surface area contributed by atoms with Crippen molar-refractivity contribution in [3.63, 3.8) is 0 Å². The number of hydrogen-bond acceptors (Lipinski definition) is 4. The van der Waals surface area contributed by atoms with Crippen LogP contribution in [0.2, 0.25) is 0 Å². The summed E-state index contributed by atoms with van der Waals surface area (Å²) in [5, 5.41) is 4.39. The number of hydrogen-bond donors (Lipinski definition) is 1. The van der Waals surface area contributed by atoms with Gasteiger partial charge in [-0.3, -0.25) is 0 Å². The molecule has 0 saturated heterocycles. The van der Waals surface area contributed by atoms with Crippen LogP contribution in [0.4, 0.5) is 5.82 Å². The lowest BCUT2D eigenvalue weighted by atomic mass is 10.1. The summed E-state index contributed by atoms with van der Waals surface area (Å²) in [5.74, 6) is 2.25. The molecule has 2 aromatic heterocycles. The predicted octanol–water partition coefficient (Wildman–Crippen LogP) is 4.19. The molecule has 0 atom stereocenters. The first-order valence-electron chi connectivity index (χ1n) is 7.33. The molecule has 0 saturated carbocycles. The van der Waals surface area contributed by atoms with Crippen LogP contribution in [0, 0.1) is 6.92 Å². The van der Waals surface area contributed by atoms with Gasteiger partial charge in [0.25, 0.3) is 0 Å². The monoisotopic (exact) mass is 281 g/mol. The molecule has 0 spiro atoms. The highest BCUT2D eigenvalue weighted by molar-refractivity contribution is 5.81. The molecule has 0 amide bonds. The molecule has 3 rings (SSSR count). The van der Waals surface area contributed by atoms with Gasteiger partial charge in [-0.1, -0.05) is 25.1 Å². The topological polar surface area (TPSA) is 51.0 Å². The minimum atomic E-state index is 0.636. The first-order valence-corrected chi connectivity index (χ1v) is 7.33. The van der Waals surface area contributed by atoms with Gasteiger partial charge in [0.05, 0.1) is 0 Å². The largest absolute Gasteiger partial charge is 0.453 e. The van der Waals surface area contributed by atoms with Crippen LogP contribution >= 0.6 is 0 Å². The van der Waals surface area contributed by atoms with Crippen LogP contribution in [-0.4, -0.2) is 16.5 Å². The zero-order chi connectivity index (χ0) is 14.8. The Kier molecular flexibility index (Phi) is 3.60. The molecule has 0 aliphatic rings. The van der Waals surface area contributed by atoms with E-state index < -0.39 is 0 Å². The minimum Gasteiger partial charge on any atom is -0.453 e. The molecule has 0 unspecified atom stereocenters. The Balaban J connectivity index is 2.13. The van der Waals surface area contributed by atoms with Crippen LogP contribution in [0.3, 0.4) is 0 Å². The Bertz CT molecular complexity index is 744. The van der Waals surface area contributed by atoms with Crippen molar-refractivity contribution in [2.45, 2.75) is 27.2 Å². The number of para-hydroxylation sites is 1. The lowest BCUT2D eigenvalue weighted by Crippen LogP contribution is -2.07. The highest BCUT2D eigenvalue weighted by atomic mass is 16.3. The maximum atomic E-state index is 5.86. The smallest absolute Gasteiger partial charge is 0.197 e. The second-order valence-corrected chi connectivity index (χ2v) is 4.99. The van der Waals surface area contributed by atoms with Gasteiger partial charge in [-0.2, -0.15) is 0 Å². The number of anilines is 1. The Morgan fingerprint density at radius 3 is 2.67 bits per heavy atom. The first kappa shape index (κ1) is 13.6. The predicted molar refractivity (Wildman–Crippen MR) is 85.5 cm³/mol. The third-order valence-electron chi connectivity index (χ3n) is 3.56. The molecule has 4 nitrogen and oxygen atoms in total. The van der Waals surface area contributed by atoms with Gasteiger partial charge in [0, 0.05) is 23.2 Å².